The summed E-state index contributed by atoms with van der Waals surface area (Å²) >= 11 is 0. The lowest BCUT2D eigenvalue weighted by Gasteiger charge is -2.23. The maximum absolute atomic E-state index is 12.7. The zero-order valence-corrected chi connectivity index (χ0v) is 19.2. The third-order valence-corrected chi connectivity index (χ3v) is 5.81. The number of nitrogens with zero attached hydrogens (tertiary/aromatic N) is 1. The predicted octanol–water partition coefficient (Wildman–Crippen LogP) is 4.98. The Labute approximate surface area is 200 Å². The van der Waals surface area contributed by atoms with Crippen molar-refractivity contribution in [1.29, 1.82) is 0 Å². The molecule has 0 spiro atoms. The summed E-state index contributed by atoms with van der Waals surface area (Å²) in [6.07, 6.45) is -0.442. The van der Waals surface area contributed by atoms with Gasteiger partial charge >= 0.3 is 6.09 Å². The molecule has 3 aromatic carbocycles. The Bertz CT molecular complexity index is 1200. The Morgan fingerprint density at radius 1 is 1.09 bits per heavy atom. The number of aliphatic hydroxyl groups is 1. The largest absolute Gasteiger partial charge is 0.513 e. The Morgan fingerprint density at radius 3 is 2.56 bits per heavy atom. The summed E-state index contributed by atoms with van der Waals surface area (Å²) in [5.41, 5.74) is 3.06. The van der Waals surface area contributed by atoms with Gasteiger partial charge in [0.1, 0.15) is 19.7 Å². The minimum atomic E-state index is -0.384. The molecule has 1 aliphatic heterocycles. The number of aliphatic hydroxyl groups excluding tert-OH is 1. The van der Waals surface area contributed by atoms with Crippen LogP contribution in [0.4, 0.5) is 4.79 Å². The van der Waals surface area contributed by atoms with Gasteiger partial charge in [0.15, 0.2) is 11.5 Å². The van der Waals surface area contributed by atoms with Gasteiger partial charge in [-0.15, -0.1) is 0 Å². The number of hydrogen-bond donors (Lipinski definition) is 1. The van der Waals surface area contributed by atoms with Crippen LogP contribution in [0.3, 0.4) is 0 Å². The van der Waals surface area contributed by atoms with Gasteiger partial charge in [0.25, 0.3) is 0 Å². The smallest absolute Gasteiger partial charge is 0.411 e. The molecule has 1 heterocycles. The average Bonchev–Trinajstić information content (AvgIpc) is 3.09. The third kappa shape index (κ3) is 5.04. The van der Waals surface area contributed by atoms with Crippen LogP contribution in [0.5, 0.6) is 17.2 Å². The molecule has 1 amide bonds. The van der Waals surface area contributed by atoms with E-state index in [0.29, 0.717) is 29.1 Å². The van der Waals surface area contributed by atoms with E-state index >= 15 is 0 Å². The summed E-state index contributed by atoms with van der Waals surface area (Å²) < 4.78 is 17.4. The molecule has 0 aliphatic carbocycles. The van der Waals surface area contributed by atoms with E-state index in [0.717, 1.165) is 16.7 Å². The molecule has 0 aromatic heterocycles. The van der Waals surface area contributed by atoms with Crippen molar-refractivity contribution in [3.8, 4) is 17.2 Å². The Balaban J connectivity index is 1.61. The van der Waals surface area contributed by atoms with Crippen LogP contribution in [-0.4, -0.2) is 37.1 Å². The number of allylic oxidation sites excluding steroid dienone is 1. The minimum absolute atomic E-state index is 0.0512. The maximum Gasteiger partial charge on any atom is 0.411 e. The van der Waals surface area contributed by atoms with E-state index in [1.807, 2.05) is 49.4 Å². The molecule has 172 valence electrons. The molecule has 1 fully saturated rings. The number of benzene rings is 3. The maximum atomic E-state index is 12.7. The average molecular weight is 455 g/mol. The summed E-state index contributed by atoms with van der Waals surface area (Å²) in [6.45, 7) is 5.80. The molecule has 0 unspecified atom stereocenters. The quantitative estimate of drug-likeness (QED) is 0.384. The highest BCUT2D eigenvalue weighted by Crippen LogP contribution is 2.37. The van der Waals surface area contributed by atoms with Crippen LogP contribution in [0, 0.1) is 0 Å². The van der Waals surface area contributed by atoms with Crippen molar-refractivity contribution in [3.05, 3.63) is 95.8 Å². The van der Waals surface area contributed by atoms with Gasteiger partial charge in [0.2, 0.25) is 0 Å². The molecule has 1 aliphatic rings. The second-order valence-electron chi connectivity index (χ2n) is 8.28. The first-order chi connectivity index (χ1) is 16.4. The van der Waals surface area contributed by atoms with Crippen molar-refractivity contribution in [3.63, 3.8) is 0 Å². The van der Waals surface area contributed by atoms with E-state index < -0.39 is 0 Å². The highest BCUT2D eigenvalue weighted by molar-refractivity contribution is 6.32. The molecule has 0 saturated carbocycles. The van der Waals surface area contributed by atoms with Crippen LogP contribution in [0.15, 0.2) is 79.1 Å². The summed E-state index contributed by atoms with van der Waals surface area (Å²) in [5, 5.41) is 9.57. The lowest BCUT2D eigenvalue weighted by molar-refractivity contribution is 0.130. The van der Waals surface area contributed by atoms with Crippen molar-refractivity contribution in [2.75, 3.05) is 7.11 Å². The highest BCUT2D eigenvalue weighted by Gasteiger charge is 2.39. The van der Waals surface area contributed by atoms with Crippen LogP contribution >= 0.6 is 0 Å². The SMILES string of the molecule is [B]c1ccc(CN2C(=O)O[C@H](c3ccccc3)[C@@H]2C)c(Oc2cc(CC(=C)O)ccc2OC)c1. The van der Waals surface area contributed by atoms with E-state index in [1.54, 1.807) is 36.3 Å². The molecule has 4 rings (SSSR count). The Morgan fingerprint density at radius 2 is 1.85 bits per heavy atom. The fourth-order valence-electron chi connectivity index (χ4n) is 4.05. The lowest BCUT2D eigenvalue weighted by atomic mass is 9.94. The fraction of sp³-hybridized carbons (Fsp3) is 0.222. The van der Waals surface area contributed by atoms with Crippen LogP contribution in [0.25, 0.3) is 0 Å². The van der Waals surface area contributed by atoms with Crippen molar-refractivity contribution >= 4 is 19.4 Å². The second kappa shape index (κ2) is 9.95. The first-order valence-electron chi connectivity index (χ1n) is 11.0. The summed E-state index contributed by atoms with van der Waals surface area (Å²) in [5.74, 6) is 1.54. The van der Waals surface area contributed by atoms with E-state index in [9.17, 15) is 9.90 Å². The molecule has 6 nitrogen and oxygen atoms in total. The molecule has 2 atom stereocenters. The minimum Gasteiger partial charge on any atom is -0.513 e. The zero-order valence-electron chi connectivity index (χ0n) is 19.2. The molecule has 1 saturated heterocycles. The number of carbonyl (C=O) groups excluding carboxylic acids is 1. The van der Waals surface area contributed by atoms with Gasteiger partial charge in [-0.05, 0) is 36.2 Å². The van der Waals surface area contributed by atoms with Gasteiger partial charge in [-0.1, -0.05) is 60.6 Å². The second-order valence-corrected chi connectivity index (χ2v) is 8.28. The number of hydrogen-bond acceptors (Lipinski definition) is 5. The molecule has 3 aromatic rings. The summed E-state index contributed by atoms with van der Waals surface area (Å²) in [6, 6.07) is 20.2. The van der Waals surface area contributed by atoms with E-state index in [-0.39, 0.29) is 30.5 Å². The monoisotopic (exact) mass is 455 g/mol. The van der Waals surface area contributed by atoms with E-state index in [4.69, 9.17) is 22.1 Å². The first-order valence-corrected chi connectivity index (χ1v) is 11.0. The number of methoxy groups -OCH3 is 1. The zero-order chi connectivity index (χ0) is 24.2. The number of ether oxygens (including phenoxy) is 3. The Kier molecular flexibility index (Phi) is 6.82. The van der Waals surface area contributed by atoms with Gasteiger partial charge in [0.05, 0.1) is 25.5 Å². The molecule has 34 heavy (non-hydrogen) atoms. The van der Waals surface area contributed by atoms with Crippen LogP contribution in [-0.2, 0) is 17.7 Å². The topological polar surface area (TPSA) is 68.2 Å². The standard InChI is InChI=1S/C27H26BNO5/c1-17(30)13-19-9-12-23(32-3)25(14-19)33-24-15-22(28)11-10-21(24)16-29-18(2)26(34-27(29)31)20-7-5-4-6-8-20/h4-12,14-15,18,26,30H,1,13,16H2,2-3H3/t18-,26-/m0/s1. The summed E-state index contributed by atoms with van der Waals surface area (Å²) in [4.78, 5) is 14.4. The fourth-order valence-corrected chi connectivity index (χ4v) is 4.05. The number of carbonyl (C=O) groups is 1. The van der Waals surface area contributed by atoms with Gasteiger partial charge < -0.3 is 19.3 Å². The van der Waals surface area contributed by atoms with Crippen molar-refractivity contribution in [2.45, 2.75) is 32.0 Å². The molecular formula is C27H26BNO5. The highest BCUT2D eigenvalue weighted by atomic mass is 16.6. The summed E-state index contributed by atoms with van der Waals surface area (Å²) in [7, 11) is 7.60. The van der Waals surface area contributed by atoms with Crippen LogP contribution in [0.2, 0.25) is 0 Å². The number of cyclic esters (lactones) is 1. The van der Waals surface area contributed by atoms with E-state index in [1.165, 1.54) is 0 Å². The first kappa shape index (κ1) is 23.3. The van der Waals surface area contributed by atoms with Gasteiger partial charge in [-0.2, -0.15) is 0 Å². The number of rotatable bonds is 8. The predicted molar refractivity (Wildman–Crippen MR) is 131 cm³/mol. The van der Waals surface area contributed by atoms with Gasteiger partial charge in [-0.3, -0.25) is 4.90 Å². The molecule has 1 N–H and O–H groups in total. The van der Waals surface area contributed by atoms with Gasteiger partial charge in [0, 0.05) is 12.0 Å². The molecule has 7 heteroatoms. The molecular weight excluding hydrogens is 429 g/mol. The van der Waals surface area contributed by atoms with Crippen molar-refractivity contribution in [2.24, 2.45) is 0 Å². The third-order valence-electron chi connectivity index (χ3n) is 5.81. The van der Waals surface area contributed by atoms with Crippen LogP contribution < -0.4 is 14.9 Å². The van der Waals surface area contributed by atoms with Crippen molar-refractivity contribution in [1.82, 2.24) is 4.90 Å². The lowest BCUT2D eigenvalue weighted by Crippen LogP contribution is -2.31. The Hall–Kier alpha value is -3.87. The number of amides is 1. The van der Waals surface area contributed by atoms with E-state index in [2.05, 4.69) is 6.58 Å². The van der Waals surface area contributed by atoms with Crippen LogP contribution in [0.1, 0.15) is 29.7 Å². The molecule has 2 radical (unpaired) electrons. The van der Waals surface area contributed by atoms with Gasteiger partial charge in [-0.25, -0.2) is 4.79 Å². The normalized spacial score (nSPS) is 17.4. The van der Waals surface area contributed by atoms with Crippen molar-refractivity contribution < 1.29 is 24.1 Å². The molecule has 0 bridgehead atoms.